The van der Waals surface area contributed by atoms with Crippen LogP contribution in [0.15, 0.2) is 30.0 Å². The van der Waals surface area contributed by atoms with Crippen molar-refractivity contribution in [3.63, 3.8) is 0 Å². The summed E-state index contributed by atoms with van der Waals surface area (Å²) in [4.78, 5) is 11.9. The van der Waals surface area contributed by atoms with Gasteiger partial charge in [0.15, 0.2) is 0 Å². The van der Waals surface area contributed by atoms with Gasteiger partial charge >= 0.3 is 0 Å². The Morgan fingerprint density at radius 2 is 2.33 bits per heavy atom. The lowest BCUT2D eigenvalue weighted by atomic mass is 10.1. The molecular weight excluding hydrogens is 266 g/mol. The summed E-state index contributed by atoms with van der Waals surface area (Å²) in [5, 5.41) is 2.11. The second-order valence-corrected chi connectivity index (χ2v) is 5.55. The molecule has 2 rings (SSSR count). The van der Waals surface area contributed by atoms with Gasteiger partial charge in [-0.05, 0) is 18.4 Å². The van der Waals surface area contributed by atoms with Gasteiger partial charge < -0.3 is 4.90 Å². The van der Waals surface area contributed by atoms with Gasteiger partial charge in [-0.2, -0.15) is 0 Å². The second-order valence-electron chi connectivity index (χ2n) is 4.25. The summed E-state index contributed by atoms with van der Waals surface area (Å²) in [5.41, 5.74) is 0.972. The number of hydrogen-bond acceptors (Lipinski definition) is 4. The van der Waals surface area contributed by atoms with Crippen LogP contribution in [0, 0.1) is 0 Å². The molecule has 3 nitrogen and oxygen atoms in total. The van der Waals surface area contributed by atoms with E-state index in [4.69, 9.17) is 11.6 Å². The minimum Gasteiger partial charge on any atom is -0.356 e. The molecule has 0 spiro atoms. The highest BCUT2D eigenvalue weighted by molar-refractivity contribution is 7.09. The van der Waals surface area contributed by atoms with E-state index < -0.39 is 0 Å². The van der Waals surface area contributed by atoms with Crippen LogP contribution < -0.4 is 4.90 Å². The molecule has 2 aromatic heterocycles. The molecule has 0 aromatic carbocycles. The normalized spacial score (nSPS) is 12.4. The molecule has 0 amide bonds. The fourth-order valence-corrected chi connectivity index (χ4v) is 2.84. The van der Waals surface area contributed by atoms with Crippen LogP contribution in [0.3, 0.4) is 0 Å². The standard InChI is InChI=1S/C13H16ClN3S/c1-10(6-12-4-3-5-18-12)17(2)13-11(7-14)8-15-9-16-13/h3-5,8-10H,6-7H2,1-2H3. The quantitative estimate of drug-likeness (QED) is 0.787. The number of aromatic nitrogens is 2. The smallest absolute Gasteiger partial charge is 0.136 e. The van der Waals surface area contributed by atoms with Gasteiger partial charge in [-0.25, -0.2) is 9.97 Å². The molecule has 0 N–H and O–H groups in total. The van der Waals surface area contributed by atoms with E-state index in [1.54, 1.807) is 23.9 Å². The SMILES string of the molecule is CC(Cc1cccs1)N(C)c1ncncc1CCl. The Bertz CT molecular complexity index is 487. The highest BCUT2D eigenvalue weighted by atomic mass is 35.5. The van der Waals surface area contributed by atoms with Gasteiger partial charge in [0.2, 0.25) is 0 Å². The van der Waals surface area contributed by atoms with Crippen LogP contribution in [0.4, 0.5) is 5.82 Å². The number of thiophene rings is 1. The average Bonchev–Trinajstić information content (AvgIpc) is 2.90. The molecule has 18 heavy (non-hydrogen) atoms. The zero-order chi connectivity index (χ0) is 13.0. The first kappa shape index (κ1) is 13.3. The van der Waals surface area contributed by atoms with E-state index >= 15 is 0 Å². The molecule has 96 valence electrons. The molecule has 0 radical (unpaired) electrons. The predicted octanol–water partition coefficient (Wildman–Crippen LogP) is 3.34. The van der Waals surface area contributed by atoms with Gasteiger partial charge in [-0.15, -0.1) is 22.9 Å². The molecule has 1 atom stereocenters. The van der Waals surface area contributed by atoms with Crippen LogP contribution in [0.25, 0.3) is 0 Å². The molecule has 0 fully saturated rings. The Morgan fingerprint density at radius 1 is 1.50 bits per heavy atom. The molecule has 1 unspecified atom stereocenters. The summed E-state index contributed by atoms with van der Waals surface area (Å²) >= 11 is 7.71. The van der Waals surface area contributed by atoms with Gasteiger partial charge in [0.1, 0.15) is 12.1 Å². The number of alkyl halides is 1. The summed E-state index contributed by atoms with van der Waals surface area (Å²) in [6, 6.07) is 4.62. The maximum Gasteiger partial charge on any atom is 0.136 e. The van der Waals surface area contributed by atoms with Gasteiger partial charge in [-0.3, -0.25) is 0 Å². The van der Waals surface area contributed by atoms with Crippen molar-refractivity contribution in [3.8, 4) is 0 Å². The van der Waals surface area contributed by atoms with Crippen LogP contribution in [0.5, 0.6) is 0 Å². The zero-order valence-electron chi connectivity index (χ0n) is 10.5. The number of anilines is 1. The van der Waals surface area contributed by atoms with Crippen LogP contribution >= 0.6 is 22.9 Å². The maximum absolute atomic E-state index is 5.92. The van der Waals surface area contributed by atoms with Crippen LogP contribution in [-0.2, 0) is 12.3 Å². The van der Waals surface area contributed by atoms with Crippen molar-refractivity contribution in [2.45, 2.75) is 25.3 Å². The van der Waals surface area contributed by atoms with E-state index in [1.807, 2.05) is 0 Å². The summed E-state index contributed by atoms with van der Waals surface area (Å²) in [6.45, 7) is 2.19. The first-order valence-electron chi connectivity index (χ1n) is 5.82. The number of halogens is 1. The van der Waals surface area contributed by atoms with Crippen molar-refractivity contribution >= 4 is 28.8 Å². The molecule has 5 heteroatoms. The fraction of sp³-hybridized carbons (Fsp3) is 0.385. The Balaban J connectivity index is 2.12. The average molecular weight is 282 g/mol. The molecule has 0 aliphatic carbocycles. The number of likely N-dealkylation sites (N-methyl/N-ethyl adjacent to an activating group) is 1. The van der Waals surface area contributed by atoms with Crippen molar-refractivity contribution in [1.82, 2.24) is 9.97 Å². The third kappa shape index (κ3) is 3.00. The van der Waals surface area contributed by atoms with Crippen molar-refractivity contribution < 1.29 is 0 Å². The van der Waals surface area contributed by atoms with E-state index in [0.717, 1.165) is 17.8 Å². The lowest BCUT2D eigenvalue weighted by Crippen LogP contribution is -2.32. The Labute approximate surface area is 116 Å². The summed E-state index contributed by atoms with van der Waals surface area (Å²) in [6.07, 6.45) is 4.36. The molecule has 0 aliphatic heterocycles. The Morgan fingerprint density at radius 3 is 3.00 bits per heavy atom. The summed E-state index contributed by atoms with van der Waals surface area (Å²) in [5.74, 6) is 1.36. The van der Waals surface area contributed by atoms with E-state index in [0.29, 0.717) is 11.9 Å². The van der Waals surface area contributed by atoms with E-state index in [-0.39, 0.29) is 0 Å². The molecular formula is C13H16ClN3S. The second kappa shape index (κ2) is 6.16. The number of hydrogen-bond donors (Lipinski definition) is 0. The van der Waals surface area contributed by atoms with Crippen LogP contribution in [-0.4, -0.2) is 23.1 Å². The Kier molecular flexibility index (Phi) is 4.55. The number of nitrogens with zero attached hydrogens (tertiary/aromatic N) is 3. The molecule has 2 heterocycles. The lowest BCUT2D eigenvalue weighted by Gasteiger charge is -2.27. The van der Waals surface area contributed by atoms with Gasteiger partial charge in [0.05, 0.1) is 5.88 Å². The third-order valence-electron chi connectivity index (χ3n) is 2.98. The molecule has 0 saturated carbocycles. The van der Waals surface area contributed by atoms with E-state index in [2.05, 4.69) is 46.4 Å². The fourth-order valence-electron chi connectivity index (χ4n) is 1.83. The highest BCUT2D eigenvalue weighted by Crippen LogP contribution is 2.21. The number of rotatable bonds is 5. The summed E-state index contributed by atoms with van der Waals surface area (Å²) in [7, 11) is 2.05. The minimum atomic E-state index is 0.375. The van der Waals surface area contributed by atoms with Crippen molar-refractivity contribution in [2.24, 2.45) is 0 Å². The van der Waals surface area contributed by atoms with E-state index in [9.17, 15) is 0 Å². The molecule has 2 aromatic rings. The van der Waals surface area contributed by atoms with Gasteiger partial charge in [0, 0.05) is 36.1 Å². The molecule has 0 saturated heterocycles. The van der Waals surface area contributed by atoms with Crippen LogP contribution in [0.2, 0.25) is 0 Å². The minimum absolute atomic E-state index is 0.375. The summed E-state index contributed by atoms with van der Waals surface area (Å²) < 4.78 is 0. The topological polar surface area (TPSA) is 29.0 Å². The largest absolute Gasteiger partial charge is 0.356 e. The third-order valence-corrected chi connectivity index (χ3v) is 4.17. The molecule has 0 bridgehead atoms. The predicted molar refractivity (Wildman–Crippen MR) is 77.5 cm³/mol. The monoisotopic (exact) mass is 281 g/mol. The molecule has 0 aliphatic rings. The Hall–Kier alpha value is -1.13. The van der Waals surface area contributed by atoms with Crippen LogP contribution in [0.1, 0.15) is 17.4 Å². The zero-order valence-corrected chi connectivity index (χ0v) is 12.1. The van der Waals surface area contributed by atoms with Crippen molar-refractivity contribution in [1.29, 1.82) is 0 Å². The highest BCUT2D eigenvalue weighted by Gasteiger charge is 2.15. The van der Waals surface area contributed by atoms with Gasteiger partial charge in [-0.1, -0.05) is 6.07 Å². The van der Waals surface area contributed by atoms with Crippen molar-refractivity contribution in [2.75, 3.05) is 11.9 Å². The maximum atomic E-state index is 5.92. The first-order chi connectivity index (χ1) is 8.72. The van der Waals surface area contributed by atoms with Gasteiger partial charge in [0.25, 0.3) is 0 Å². The van der Waals surface area contributed by atoms with Crippen molar-refractivity contribution in [3.05, 3.63) is 40.5 Å². The van der Waals surface area contributed by atoms with E-state index in [1.165, 1.54) is 4.88 Å². The first-order valence-corrected chi connectivity index (χ1v) is 7.24. The lowest BCUT2D eigenvalue weighted by molar-refractivity contribution is 0.676.